The van der Waals surface area contributed by atoms with Crippen LogP contribution in [-0.2, 0) is 11.2 Å². The van der Waals surface area contributed by atoms with E-state index in [-0.39, 0.29) is 5.56 Å². The number of benzene rings is 1. The van der Waals surface area contributed by atoms with Crippen molar-refractivity contribution < 1.29 is 31.1 Å². The van der Waals surface area contributed by atoms with Gasteiger partial charge in [-0.05, 0) is 18.1 Å². The van der Waals surface area contributed by atoms with Crippen molar-refractivity contribution in [2.45, 2.75) is 25.7 Å². The third kappa shape index (κ3) is 3.97. The molecule has 7 heteroatoms. The second-order valence-corrected chi connectivity index (χ2v) is 4.09. The Labute approximate surface area is 105 Å². The smallest absolute Gasteiger partial charge is 0.298 e. The summed E-state index contributed by atoms with van der Waals surface area (Å²) in [6.45, 7) is 1.51. The highest BCUT2D eigenvalue weighted by Crippen LogP contribution is 2.40. The minimum absolute atomic E-state index is 0.158. The number of carbonyl (C=O) groups excluding carboxylic acids is 1. The molecular weight excluding hydrogens is 274 g/mol. The fourth-order valence-electron chi connectivity index (χ4n) is 1.65. The number of halogens is 6. The SMILES string of the molecule is Cc1ccccc1CC(=O)C(C(F)(F)F)C(F)(F)F. The Morgan fingerprint density at radius 3 is 1.95 bits per heavy atom. The molecule has 1 nitrogen and oxygen atoms in total. The number of hydrogen-bond acceptors (Lipinski definition) is 1. The van der Waals surface area contributed by atoms with Gasteiger partial charge in [0.1, 0.15) is 0 Å². The van der Waals surface area contributed by atoms with Crippen molar-refractivity contribution in [3.63, 3.8) is 0 Å². The lowest BCUT2D eigenvalue weighted by Gasteiger charge is -2.21. The van der Waals surface area contributed by atoms with Gasteiger partial charge in [-0.3, -0.25) is 4.79 Å². The number of Topliss-reactive ketones (excluding diaryl/α,β-unsaturated/α-hetero) is 1. The van der Waals surface area contributed by atoms with E-state index >= 15 is 0 Å². The van der Waals surface area contributed by atoms with Gasteiger partial charge in [-0.1, -0.05) is 24.3 Å². The van der Waals surface area contributed by atoms with Crippen LogP contribution in [0.5, 0.6) is 0 Å². The van der Waals surface area contributed by atoms with Crippen molar-refractivity contribution in [2.24, 2.45) is 5.92 Å². The summed E-state index contributed by atoms with van der Waals surface area (Å²) < 4.78 is 74.0. The monoisotopic (exact) mass is 284 g/mol. The molecule has 0 amide bonds. The van der Waals surface area contributed by atoms with Gasteiger partial charge in [0.05, 0.1) is 0 Å². The Morgan fingerprint density at radius 2 is 1.53 bits per heavy atom. The molecule has 0 atom stereocenters. The van der Waals surface area contributed by atoms with E-state index in [1.807, 2.05) is 0 Å². The topological polar surface area (TPSA) is 17.1 Å². The second kappa shape index (κ2) is 5.22. The molecule has 0 aliphatic rings. The number of aryl methyl sites for hydroxylation is 1. The Bertz CT molecular complexity index is 446. The number of carbonyl (C=O) groups is 1. The summed E-state index contributed by atoms with van der Waals surface area (Å²) in [5.74, 6) is -5.83. The lowest BCUT2D eigenvalue weighted by molar-refractivity contribution is -0.273. The zero-order chi connectivity index (χ0) is 14.8. The van der Waals surface area contributed by atoms with Crippen LogP contribution in [0.3, 0.4) is 0 Å². The highest BCUT2D eigenvalue weighted by molar-refractivity contribution is 5.85. The van der Waals surface area contributed by atoms with Gasteiger partial charge in [0.15, 0.2) is 5.78 Å². The molecule has 0 saturated heterocycles. The van der Waals surface area contributed by atoms with Crippen molar-refractivity contribution in [1.29, 1.82) is 0 Å². The number of alkyl halides is 6. The van der Waals surface area contributed by atoms with Crippen LogP contribution in [0.25, 0.3) is 0 Å². The van der Waals surface area contributed by atoms with E-state index in [1.54, 1.807) is 6.07 Å². The predicted molar refractivity (Wildman–Crippen MR) is 55.5 cm³/mol. The van der Waals surface area contributed by atoms with Crippen molar-refractivity contribution in [3.05, 3.63) is 35.4 Å². The van der Waals surface area contributed by atoms with Gasteiger partial charge in [0, 0.05) is 6.42 Å². The van der Waals surface area contributed by atoms with Crippen LogP contribution in [0.2, 0.25) is 0 Å². The van der Waals surface area contributed by atoms with Gasteiger partial charge in [0.25, 0.3) is 0 Å². The molecule has 0 spiro atoms. The van der Waals surface area contributed by atoms with E-state index < -0.39 is 30.5 Å². The number of hydrogen-bond donors (Lipinski definition) is 0. The molecule has 1 aromatic rings. The first-order chi connectivity index (χ1) is 8.53. The minimum atomic E-state index is -5.63. The van der Waals surface area contributed by atoms with Crippen molar-refractivity contribution in [2.75, 3.05) is 0 Å². The van der Waals surface area contributed by atoms with Gasteiger partial charge in [-0.25, -0.2) is 0 Å². The first-order valence-electron chi connectivity index (χ1n) is 5.24. The van der Waals surface area contributed by atoms with E-state index in [4.69, 9.17) is 0 Å². The molecule has 106 valence electrons. The average molecular weight is 284 g/mol. The summed E-state index contributed by atoms with van der Waals surface area (Å²) in [6, 6.07) is 5.87. The molecule has 1 aromatic carbocycles. The number of rotatable bonds is 3. The molecule has 0 heterocycles. The lowest BCUT2D eigenvalue weighted by Crippen LogP contribution is -2.43. The Hall–Kier alpha value is -1.53. The summed E-state index contributed by atoms with van der Waals surface area (Å²) in [6.07, 6.45) is -12.1. The standard InChI is InChI=1S/C12H10F6O/c1-7-4-2-3-5-8(7)6-9(19)10(11(13,14)15)12(16,17)18/h2-5,10H,6H2,1H3. The summed E-state index contributed by atoms with van der Waals surface area (Å²) in [5.41, 5.74) is 0.630. The molecular formula is C12H10F6O. The van der Waals surface area contributed by atoms with Crippen LogP contribution >= 0.6 is 0 Å². The molecule has 0 aromatic heterocycles. The molecule has 1 rings (SSSR count). The van der Waals surface area contributed by atoms with Crippen LogP contribution in [-0.4, -0.2) is 18.1 Å². The van der Waals surface area contributed by atoms with Gasteiger partial charge in [-0.2, -0.15) is 26.3 Å². The first kappa shape index (κ1) is 15.5. The molecule has 19 heavy (non-hydrogen) atoms. The normalized spacial score (nSPS) is 12.8. The number of ketones is 1. The highest BCUT2D eigenvalue weighted by atomic mass is 19.4. The Kier molecular flexibility index (Phi) is 4.27. The van der Waals surface area contributed by atoms with Crippen LogP contribution in [0, 0.1) is 12.8 Å². The van der Waals surface area contributed by atoms with Gasteiger partial charge in [0.2, 0.25) is 5.92 Å². The minimum Gasteiger partial charge on any atom is -0.298 e. The molecule has 0 saturated carbocycles. The zero-order valence-electron chi connectivity index (χ0n) is 9.77. The lowest BCUT2D eigenvalue weighted by atomic mass is 9.94. The van der Waals surface area contributed by atoms with Crippen molar-refractivity contribution >= 4 is 5.78 Å². The third-order valence-corrected chi connectivity index (χ3v) is 2.60. The highest BCUT2D eigenvalue weighted by Gasteiger charge is 2.60. The second-order valence-electron chi connectivity index (χ2n) is 4.09. The van der Waals surface area contributed by atoms with E-state index in [2.05, 4.69) is 0 Å². The van der Waals surface area contributed by atoms with E-state index in [0.29, 0.717) is 5.56 Å². The molecule has 0 aliphatic carbocycles. The first-order valence-corrected chi connectivity index (χ1v) is 5.24. The molecule has 0 unspecified atom stereocenters. The molecule has 0 fully saturated rings. The summed E-state index contributed by atoms with van der Waals surface area (Å²) >= 11 is 0. The van der Waals surface area contributed by atoms with Crippen LogP contribution in [0.4, 0.5) is 26.3 Å². The largest absolute Gasteiger partial charge is 0.407 e. The average Bonchev–Trinajstić information content (AvgIpc) is 2.16. The summed E-state index contributed by atoms with van der Waals surface area (Å²) in [7, 11) is 0. The fraction of sp³-hybridized carbons (Fsp3) is 0.417. The van der Waals surface area contributed by atoms with E-state index in [9.17, 15) is 31.1 Å². The summed E-state index contributed by atoms with van der Waals surface area (Å²) in [4.78, 5) is 11.3. The molecule has 0 bridgehead atoms. The maximum absolute atomic E-state index is 12.3. The quantitative estimate of drug-likeness (QED) is 0.771. The van der Waals surface area contributed by atoms with Crippen molar-refractivity contribution in [3.8, 4) is 0 Å². The predicted octanol–water partition coefficient (Wildman–Crippen LogP) is 3.85. The van der Waals surface area contributed by atoms with Crippen LogP contribution in [0.1, 0.15) is 11.1 Å². The Morgan fingerprint density at radius 1 is 1.05 bits per heavy atom. The zero-order valence-corrected chi connectivity index (χ0v) is 9.77. The fourth-order valence-corrected chi connectivity index (χ4v) is 1.65. The van der Waals surface area contributed by atoms with E-state index in [1.165, 1.54) is 25.1 Å². The summed E-state index contributed by atoms with van der Waals surface area (Å²) in [5, 5.41) is 0. The van der Waals surface area contributed by atoms with Crippen LogP contribution < -0.4 is 0 Å². The molecule has 0 radical (unpaired) electrons. The van der Waals surface area contributed by atoms with Gasteiger partial charge in [-0.15, -0.1) is 0 Å². The molecule has 0 aliphatic heterocycles. The van der Waals surface area contributed by atoms with Crippen LogP contribution in [0.15, 0.2) is 24.3 Å². The van der Waals surface area contributed by atoms with Gasteiger partial charge >= 0.3 is 12.4 Å². The van der Waals surface area contributed by atoms with E-state index in [0.717, 1.165) is 0 Å². The Balaban J connectivity index is 3.01. The van der Waals surface area contributed by atoms with Gasteiger partial charge < -0.3 is 0 Å². The molecule has 0 N–H and O–H groups in total. The third-order valence-electron chi connectivity index (χ3n) is 2.60. The maximum Gasteiger partial charge on any atom is 0.407 e. The maximum atomic E-state index is 12.3. The van der Waals surface area contributed by atoms with Crippen molar-refractivity contribution in [1.82, 2.24) is 0 Å².